The molecule has 6 heteroatoms. The van der Waals surface area contributed by atoms with Crippen LogP contribution in [0, 0.1) is 0 Å². The molecule has 0 unspecified atom stereocenters. The maximum Gasteiger partial charge on any atom is 0.357 e. The van der Waals surface area contributed by atoms with Crippen LogP contribution in [0.25, 0.3) is 39.5 Å². The van der Waals surface area contributed by atoms with Crippen LogP contribution in [0.1, 0.15) is 119 Å². The highest BCUT2D eigenvalue weighted by Crippen LogP contribution is 2.58. The predicted molar refractivity (Wildman–Crippen MR) is 278 cm³/mol. The van der Waals surface area contributed by atoms with Crippen molar-refractivity contribution in [1.82, 2.24) is 0 Å². The molecule has 6 nitrogen and oxygen atoms in total. The van der Waals surface area contributed by atoms with Gasteiger partial charge in [-0.25, -0.2) is 4.79 Å². The maximum atomic E-state index is 13.9. The zero-order valence-electron chi connectivity index (χ0n) is 39.9. The summed E-state index contributed by atoms with van der Waals surface area (Å²) in [7, 11) is 0. The van der Waals surface area contributed by atoms with Crippen LogP contribution in [0.2, 0.25) is 0 Å². The van der Waals surface area contributed by atoms with E-state index in [0.29, 0.717) is 5.69 Å². The molecule has 1 aliphatic heterocycles. The van der Waals surface area contributed by atoms with Crippen molar-refractivity contribution >= 4 is 46.4 Å². The number of carbonyl (C=O) groups is 2. The van der Waals surface area contributed by atoms with E-state index in [0.717, 1.165) is 66.7 Å². The molecule has 0 bridgehead atoms. The van der Waals surface area contributed by atoms with Crippen molar-refractivity contribution in [1.29, 1.82) is 0 Å². The van der Waals surface area contributed by atoms with Crippen LogP contribution < -0.4 is 9.91 Å². The van der Waals surface area contributed by atoms with Crippen LogP contribution in [0.15, 0.2) is 162 Å². The average molecular weight is 892 g/mol. The summed E-state index contributed by atoms with van der Waals surface area (Å²) >= 11 is 0. The molecular weight excluding hydrogens is 835 g/mol. The Labute approximate surface area is 400 Å². The number of hydrogen-bond donors (Lipinski definition) is 1. The molecule has 0 radical (unpaired) electrons. The van der Waals surface area contributed by atoms with E-state index in [2.05, 4.69) is 167 Å². The second kappa shape index (κ2) is 16.2. The molecule has 1 N–H and O–H groups in total. The fraction of sp³-hybridized carbons (Fsp3) is 0.242. The quantitative estimate of drug-likeness (QED) is 0.124. The molecular formula is C62H57N3O3. The lowest BCUT2D eigenvalue weighted by Gasteiger charge is -2.34. The number of nitrogens with zero attached hydrogens (tertiary/aromatic N) is 3. The van der Waals surface area contributed by atoms with Crippen molar-refractivity contribution in [3.8, 4) is 33.4 Å². The Morgan fingerprint density at radius 3 is 1.32 bits per heavy atom. The molecule has 3 aliphatic carbocycles. The Morgan fingerprint density at radius 2 is 0.882 bits per heavy atom. The molecule has 4 aliphatic rings. The zero-order valence-corrected chi connectivity index (χ0v) is 39.9. The first-order valence-electron chi connectivity index (χ1n) is 24.6. The molecule has 68 heavy (non-hydrogen) atoms. The first-order chi connectivity index (χ1) is 33.1. The van der Waals surface area contributed by atoms with Crippen molar-refractivity contribution in [3.63, 3.8) is 0 Å². The molecule has 0 fully saturated rings. The molecule has 11 rings (SSSR count). The zero-order chi connectivity index (χ0) is 47.1. The Balaban J connectivity index is 1.07. The van der Waals surface area contributed by atoms with Gasteiger partial charge in [0.15, 0.2) is 5.71 Å². The fourth-order valence-corrected chi connectivity index (χ4v) is 13.0. The highest BCUT2D eigenvalue weighted by Gasteiger charge is 2.45. The number of fused-ring (bicyclic) bond motifs is 9. The molecule has 7 aromatic carbocycles. The second-order valence-corrected chi connectivity index (χ2v) is 19.1. The van der Waals surface area contributed by atoms with E-state index in [1.165, 1.54) is 66.2 Å². The molecule has 0 aromatic heterocycles. The molecule has 1 heterocycles. The minimum Gasteiger partial charge on any atom is -0.476 e. The van der Waals surface area contributed by atoms with Crippen molar-refractivity contribution < 1.29 is 14.7 Å². The molecule has 338 valence electrons. The van der Waals surface area contributed by atoms with Crippen LogP contribution in [0.4, 0.5) is 22.7 Å². The number of rotatable bonds is 12. The van der Waals surface area contributed by atoms with E-state index < -0.39 is 11.9 Å². The number of carboxylic acids is 1. The average Bonchev–Trinajstić information content (AvgIpc) is 4.05. The lowest BCUT2D eigenvalue weighted by atomic mass is 9.73. The van der Waals surface area contributed by atoms with E-state index in [1.54, 1.807) is 30.3 Å². The third-order valence-corrected chi connectivity index (χ3v) is 16.7. The molecule has 0 saturated carbocycles. The third-order valence-electron chi connectivity index (χ3n) is 16.7. The predicted octanol–water partition coefficient (Wildman–Crippen LogP) is 15.3. The number of para-hydroxylation sites is 1. The fourth-order valence-electron chi connectivity index (χ4n) is 13.0. The Bertz CT molecular complexity index is 3160. The van der Waals surface area contributed by atoms with E-state index in [-0.39, 0.29) is 27.5 Å². The molecule has 0 saturated heterocycles. The summed E-state index contributed by atoms with van der Waals surface area (Å²) in [5.74, 6) is -1.70. The van der Waals surface area contributed by atoms with Gasteiger partial charge in [0.05, 0.1) is 11.3 Å². The van der Waals surface area contributed by atoms with E-state index in [1.807, 2.05) is 12.1 Å². The monoisotopic (exact) mass is 891 g/mol. The van der Waals surface area contributed by atoms with Gasteiger partial charge in [-0.1, -0.05) is 145 Å². The summed E-state index contributed by atoms with van der Waals surface area (Å²) in [6.07, 6.45) is 7.46. The Kier molecular flexibility index (Phi) is 10.3. The summed E-state index contributed by atoms with van der Waals surface area (Å²) in [5, 5.41) is 15.7. The van der Waals surface area contributed by atoms with Crippen LogP contribution in [0.5, 0.6) is 0 Å². The lowest BCUT2D eigenvalue weighted by Crippen LogP contribution is -2.25. The van der Waals surface area contributed by atoms with E-state index in [9.17, 15) is 14.7 Å². The molecule has 0 spiro atoms. The number of hydrogen-bond acceptors (Lipinski definition) is 4. The van der Waals surface area contributed by atoms with Gasteiger partial charge < -0.3 is 10.0 Å². The highest BCUT2D eigenvalue weighted by molar-refractivity contribution is 6.53. The van der Waals surface area contributed by atoms with Crippen molar-refractivity contribution in [3.05, 3.63) is 196 Å². The van der Waals surface area contributed by atoms with Gasteiger partial charge in [0.2, 0.25) is 0 Å². The van der Waals surface area contributed by atoms with Gasteiger partial charge >= 0.3 is 5.97 Å². The van der Waals surface area contributed by atoms with Crippen molar-refractivity contribution in [2.45, 2.75) is 96.3 Å². The lowest BCUT2D eigenvalue weighted by molar-refractivity contribution is -0.129. The number of anilines is 4. The van der Waals surface area contributed by atoms with E-state index >= 15 is 0 Å². The largest absolute Gasteiger partial charge is 0.476 e. The number of aliphatic carboxylic acids is 1. The van der Waals surface area contributed by atoms with Gasteiger partial charge in [-0.3, -0.25) is 4.79 Å². The highest BCUT2D eigenvalue weighted by atomic mass is 16.4. The number of benzene rings is 7. The summed E-state index contributed by atoms with van der Waals surface area (Å²) in [4.78, 5) is 28.9. The smallest absolute Gasteiger partial charge is 0.357 e. The van der Waals surface area contributed by atoms with Crippen LogP contribution in [0.3, 0.4) is 0 Å². The van der Waals surface area contributed by atoms with Gasteiger partial charge in [-0.05, 0) is 165 Å². The third kappa shape index (κ3) is 5.98. The summed E-state index contributed by atoms with van der Waals surface area (Å²) in [6, 6.07) is 54.7. The van der Waals surface area contributed by atoms with E-state index in [4.69, 9.17) is 0 Å². The normalized spacial score (nSPS) is 16.7. The topological polar surface area (TPSA) is 73.2 Å². The van der Waals surface area contributed by atoms with Crippen LogP contribution in [-0.2, 0) is 25.8 Å². The number of amides is 1. The van der Waals surface area contributed by atoms with Crippen molar-refractivity contribution in [2.75, 3.05) is 9.91 Å². The Hall–Kier alpha value is -7.31. The first-order valence-corrected chi connectivity index (χ1v) is 24.6. The second-order valence-electron chi connectivity index (χ2n) is 19.1. The minimum atomic E-state index is -1.24. The van der Waals surface area contributed by atoms with Gasteiger partial charge in [-0.2, -0.15) is 10.1 Å². The standard InChI is InChI=1S/C62H57N3O3/c1-7-60(8-2)51-24-18-16-22-44(51)47-31-27-41(36-54(47)60)64(42-28-32-48-45-23-17-19-25-52(45)61(9-3,10-4)55(48)37-42)43-29-33-49-46-30-26-39(35-53(46)62(11-5,12-6)56(49)38-43)34-50-57(59(67)68)63-65(58(50)66)40-20-14-13-15-21-40/h13-38H,7-12H2,1-6H3,(H,67,68)/b50-34-. The number of carboxylic acid groups (broad SMARTS) is 1. The Morgan fingerprint density at radius 1 is 0.500 bits per heavy atom. The number of carbonyl (C=O) groups excluding carboxylic acids is 1. The molecule has 0 atom stereocenters. The SMILES string of the molecule is CCC1(CC)c2ccccc2-c2ccc(N(c3ccc4c(c3)C(CC)(CC)c3ccccc3-4)c3ccc4c(c3)C(CC)(CC)c3cc(/C=C5\C(=O)N(c6ccccc6)N=C5C(=O)O)ccc3-4)cc21. The van der Waals surface area contributed by atoms with Gasteiger partial charge in [0.1, 0.15) is 0 Å². The van der Waals surface area contributed by atoms with Crippen molar-refractivity contribution in [2.24, 2.45) is 5.10 Å². The van der Waals surface area contributed by atoms with Gasteiger partial charge in [0.25, 0.3) is 5.91 Å². The number of hydrazone groups is 1. The van der Waals surface area contributed by atoms with Crippen LogP contribution >= 0.6 is 0 Å². The van der Waals surface area contributed by atoms with Gasteiger partial charge in [-0.15, -0.1) is 0 Å². The summed E-state index contributed by atoms with van der Waals surface area (Å²) < 4.78 is 0. The first kappa shape index (κ1) is 43.3. The summed E-state index contributed by atoms with van der Waals surface area (Å²) in [6.45, 7) is 13.9. The minimum absolute atomic E-state index is 0.0635. The maximum absolute atomic E-state index is 13.9. The van der Waals surface area contributed by atoms with Crippen LogP contribution in [-0.4, -0.2) is 22.7 Å². The molecule has 1 amide bonds. The summed E-state index contributed by atoms with van der Waals surface area (Å²) in [5.41, 5.74) is 19.8. The van der Waals surface area contributed by atoms with Gasteiger partial charge in [0, 0.05) is 33.3 Å². The molecule has 7 aromatic rings.